The maximum Gasteiger partial charge on any atom is 0.335 e. The van der Waals surface area contributed by atoms with Gasteiger partial charge in [0.2, 0.25) is 5.75 Å². The van der Waals surface area contributed by atoms with Gasteiger partial charge in [0.05, 0.1) is 32.3 Å². The molecule has 2 N–H and O–H groups in total. The molecule has 0 aliphatic heterocycles. The fourth-order valence-corrected chi connectivity index (χ4v) is 2.76. The highest BCUT2D eigenvalue weighted by Crippen LogP contribution is 2.43. The molecule has 8 heteroatoms. The van der Waals surface area contributed by atoms with E-state index in [4.69, 9.17) is 19.3 Å². The molecular weight excluding hydrogens is 350 g/mol. The number of benzene rings is 2. The number of aromatic carboxylic acids is 1. The van der Waals surface area contributed by atoms with E-state index in [0.717, 1.165) is 5.56 Å². The Bertz CT molecular complexity index is 973. The Morgan fingerprint density at radius 3 is 2.33 bits per heavy atom. The molecule has 3 aromatic rings. The number of carboxylic acids is 1. The average molecular weight is 369 g/mol. The summed E-state index contributed by atoms with van der Waals surface area (Å²) >= 11 is 0. The number of methoxy groups -OCH3 is 3. The van der Waals surface area contributed by atoms with E-state index in [1.165, 1.54) is 20.5 Å². The van der Waals surface area contributed by atoms with Crippen LogP contribution >= 0.6 is 0 Å². The van der Waals surface area contributed by atoms with Gasteiger partial charge in [0.25, 0.3) is 0 Å². The minimum Gasteiger partial charge on any atom is -0.493 e. The van der Waals surface area contributed by atoms with E-state index >= 15 is 0 Å². The number of aromatic nitrogens is 2. The Balaban J connectivity index is 1.96. The Hall–Kier alpha value is -3.55. The smallest absolute Gasteiger partial charge is 0.335 e. The van der Waals surface area contributed by atoms with Crippen LogP contribution in [0.4, 0.5) is 5.82 Å². The molecule has 0 aliphatic carbocycles. The lowest BCUT2D eigenvalue weighted by atomic mass is 10.1. The summed E-state index contributed by atoms with van der Waals surface area (Å²) in [5, 5.41) is 12.9. The largest absolute Gasteiger partial charge is 0.493 e. The molecule has 0 saturated carbocycles. The summed E-state index contributed by atoms with van der Waals surface area (Å²) in [6.07, 6.45) is 1.44. The van der Waals surface area contributed by atoms with Crippen LogP contribution in [0.5, 0.6) is 17.2 Å². The monoisotopic (exact) mass is 369 g/mol. The van der Waals surface area contributed by atoms with Crippen LogP contribution in [-0.4, -0.2) is 42.4 Å². The standard InChI is InChI=1S/C19H19N3O5/c1-25-14-8-13-15(17(27-3)16(14)26-2)21-10-22-18(13)20-9-11-4-6-12(7-5-11)19(23)24/h4-8,10H,9H2,1-3H3,(H,23,24)(H,20,21,22). The van der Waals surface area contributed by atoms with Crippen LogP contribution in [0.3, 0.4) is 0 Å². The van der Waals surface area contributed by atoms with Crippen LogP contribution < -0.4 is 19.5 Å². The molecule has 0 atom stereocenters. The second kappa shape index (κ2) is 7.77. The van der Waals surface area contributed by atoms with E-state index in [2.05, 4.69) is 15.3 Å². The molecule has 0 saturated heterocycles. The number of nitrogens with one attached hydrogen (secondary N) is 1. The Labute approximate surface area is 155 Å². The molecule has 0 spiro atoms. The van der Waals surface area contributed by atoms with Crippen molar-refractivity contribution < 1.29 is 24.1 Å². The lowest BCUT2D eigenvalue weighted by Gasteiger charge is -2.16. The van der Waals surface area contributed by atoms with Gasteiger partial charge in [-0.1, -0.05) is 12.1 Å². The van der Waals surface area contributed by atoms with Crippen molar-refractivity contribution >= 4 is 22.7 Å². The maximum atomic E-state index is 10.9. The summed E-state index contributed by atoms with van der Waals surface area (Å²) < 4.78 is 16.3. The van der Waals surface area contributed by atoms with Crippen molar-refractivity contribution in [3.05, 3.63) is 47.8 Å². The number of rotatable bonds is 7. The van der Waals surface area contributed by atoms with Gasteiger partial charge in [-0.2, -0.15) is 0 Å². The Morgan fingerprint density at radius 2 is 1.74 bits per heavy atom. The van der Waals surface area contributed by atoms with Crippen LogP contribution in [0.15, 0.2) is 36.7 Å². The molecule has 1 aromatic heterocycles. The summed E-state index contributed by atoms with van der Waals surface area (Å²) in [5.41, 5.74) is 1.75. The number of ether oxygens (including phenoxy) is 3. The van der Waals surface area contributed by atoms with Crippen molar-refractivity contribution in [1.82, 2.24) is 9.97 Å². The zero-order chi connectivity index (χ0) is 19.4. The number of carbonyl (C=O) groups is 1. The van der Waals surface area contributed by atoms with Crippen molar-refractivity contribution in [2.75, 3.05) is 26.6 Å². The van der Waals surface area contributed by atoms with Gasteiger partial charge in [0.1, 0.15) is 17.7 Å². The second-order valence-corrected chi connectivity index (χ2v) is 5.62. The highest BCUT2D eigenvalue weighted by atomic mass is 16.5. The SMILES string of the molecule is COc1cc2c(NCc3ccc(C(=O)O)cc3)ncnc2c(OC)c1OC. The van der Waals surface area contributed by atoms with Crippen molar-refractivity contribution in [3.63, 3.8) is 0 Å². The maximum absolute atomic E-state index is 10.9. The molecule has 0 fully saturated rings. The van der Waals surface area contributed by atoms with Gasteiger partial charge in [-0.25, -0.2) is 14.8 Å². The fraction of sp³-hybridized carbons (Fsp3) is 0.211. The molecule has 1 heterocycles. The normalized spacial score (nSPS) is 10.5. The molecule has 0 bridgehead atoms. The predicted molar refractivity (Wildman–Crippen MR) is 99.9 cm³/mol. The molecule has 140 valence electrons. The highest BCUT2D eigenvalue weighted by molar-refractivity contribution is 5.96. The van der Waals surface area contributed by atoms with Gasteiger partial charge in [-0.05, 0) is 23.8 Å². The highest BCUT2D eigenvalue weighted by Gasteiger charge is 2.19. The van der Waals surface area contributed by atoms with Gasteiger partial charge in [-0.15, -0.1) is 0 Å². The molecule has 0 unspecified atom stereocenters. The number of fused-ring (bicyclic) bond motifs is 1. The quantitative estimate of drug-likeness (QED) is 0.655. The third-order valence-corrected chi connectivity index (χ3v) is 4.09. The van der Waals surface area contributed by atoms with Gasteiger partial charge < -0.3 is 24.6 Å². The molecule has 3 rings (SSSR count). The molecule has 2 aromatic carbocycles. The first kappa shape index (κ1) is 18.2. The third kappa shape index (κ3) is 3.55. The van der Waals surface area contributed by atoms with Crippen LogP contribution in [0, 0.1) is 0 Å². The minimum absolute atomic E-state index is 0.243. The predicted octanol–water partition coefficient (Wildman–Crippen LogP) is 2.97. The summed E-state index contributed by atoms with van der Waals surface area (Å²) in [6.45, 7) is 0.461. The van der Waals surface area contributed by atoms with Crippen molar-refractivity contribution in [2.45, 2.75) is 6.54 Å². The first-order valence-corrected chi connectivity index (χ1v) is 8.08. The van der Waals surface area contributed by atoms with Crippen molar-refractivity contribution in [3.8, 4) is 17.2 Å². The van der Waals surface area contributed by atoms with Gasteiger partial charge in [0, 0.05) is 6.54 Å². The van der Waals surface area contributed by atoms with E-state index in [-0.39, 0.29) is 5.56 Å². The molecule has 0 radical (unpaired) electrons. The lowest BCUT2D eigenvalue weighted by molar-refractivity contribution is 0.0697. The molecule has 0 amide bonds. The molecule has 27 heavy (non-hydrogen) atoms. The Morgan fingerprint density at radius 1 is 1.04 bits per heavy atom. The number of hydrogen-bond acceptors (Lipinski definition) is 7. The summed E-state index contributed by atoms with van der Waals surface area (Å²) in [6, 6.07) is 8.42. The lowest BCUT2D eigenvalue weighted by Crippen LogP contribution is -2.05. The van der Waals surface area contributed by atoms with Gasteiger partial charge >= 0.3 is 5.97 Å². The summed E-state index contributed by atoms with van der Waals surface area (Å²) in [5.74, 6) is 1.07. The van der Waals surface area contributed by atoms with E-state index in [0.29, 0.717) is 40.5 Å². The van der Waals surface area contributed by atoms with E-state index in [9.17, 15) is 4.79 Å². The zero-order valence-electron chi connectivity index (χ0n) is 15.1. The van der Waals surface area contributed by atoms with Crippen molar-refractivity contribution in [2.24, 2.45) is 0 Å². The summed E-state index contributed by atoms with van der Waals surface area (Å²) in [7, 11) is 4.62. The third-order valence-electron chi connectivity index (χ3n) is 4.09. The van der Waals surface area contributed by atoms with E-state index in [1.54, 1.807) is 37.4 Å². The first-order chi connectivity index (χ1) is 13.1. The molecule has 0 aliphatic rings. The summed E-state index contributed by atoms with van der Waals surface area (Å²) in [4.78, 5) is 19.6. The van der Waals surface area contributed by atoms with Crippen molar-refractivity contribution in [1.29, 1.82) is 0 Å². The number of hydrogen-bond donors (Lipinski definition) is 2. The Kier molecular flexibility index (Phi) is 5.25. The molecular formula is C19H19N3O5. The fourth-order valence-electron chi connectivity index (χ4n) is 2.76. The van der Waals surface area contributed by atoms with E-state index < -0.39 is 5.97 Å². The van der Waals surface area contributed by atoms with Crippen LogP contribution in [0.2, 0.25) is 0 Å². The average Bonchev–Trinajstić information content (AvgIpc) is 2.70. The zero-order valence-corrected chi connectivity index (χ0v) is 15.1. The van der Waals surface area contributed by atoms with Gasteiger partial charge in [-0.3, -0.25) is 0 Å². The van der Waals surface area contributed by atoms with Gasteiger partial charge in [0.15, 0.2) is 11.5 Å². The van der Waals surface area contributed by atoms with E-state index in [1.807, 2.05) is 0 Å². The first-order valence-electron chi connectivity index (χ1n) is 8.08. The second-order valence-electron chi connectivity index (χ2n) is 5.62. The number of anilines is 1. The topological polar surface area (TPSA) is 103 Å². The number of nitrogens with zero attached hydrogens (tertiary/aromatic N) is 2. The number of carboxylic acid groups (broad SMARTS) is 1. The van der Waals surface area contributed by atoms with Crippen LogP contribution in [0.25, 0.3) is 10.9 Å². The van der Waals surface area contributed by atoms with Crippen LogP contribution in [-0.2, 0) is 6.54 Å². The minimum atomic E-state index is -0.954. The molecule has 8 nitrogen and oxygen atoms in total. The van der Waals surface area contributed by atoms with Crippen LogP contribution in [0.1, 0.15) is 15.9 Å².